The summed E-state index contributed by atoms with van der Waals surface area (Å²) in [6.07, 6.45) is 0.467. The molecule has 1 amide bonds. The summed E-state index contributed by atoms with van der Waals surface area (Å²) in [5.41, 5.74) is 5.55. The average molecular weight is 257 g/mol. The number of rotatable bonds is 4. The Labute approximate surface area is 104 Å². The molecular formula is C11H13ClN2O3. The Morgan fingerprint density at radius 3 is 2.71 bits per heavy atom. The Bertz CT molecular complexity index is 448. The van der Waals surface area contributed by atoms with Crippen molar-refractivity contribution < 1.29 is 14.7 Å². The molecule has 0 heterocycles. The predicted octanol–water partition coefficient (Wildman–Crippen LogP) is 1.71. The SMILES string of the molecule is CCC(N)C(=O)Nc1cccc(Cl)c1C(=O)O. The lowest BCUT2D eigenvalue weighted by Crippen LogP contribution is -2.35. The van der Waals surface area contributed by atoms with Crippen molar-refractivity contribution in [3.05, 3.63) is 28.8 Å². The van der Waals surface area contributed by atoms with Gasteiger partial charge in [-0.3, -0.25) is 4.79 Å². The van der Waals surface area contributed by atoms with Gasteiger partial charge < -0.3 is 16.2 Å². The van der Waals surface area contributed by atoms with Crippen LogP contribution in [-0.4, -0.2) is 23.0 Å². The normalized spacial score (nSPS) is 11.9. The molecule has 0 radical (unpaired) electrons. The summed E-state index contributed by atoms with van der Waals surface area (Å²) in [5.74, 6) is -1.63. The number of nitrogens with two attached hydrogens (primary N) is 1. The first-order chi connectivity index (χ1) is 7.97. The van der Waals surface area contributed by atoms with Gasteiger partial charge >= 0.3 is 5.97 Å². The Hall–Kier alpha value is -1.59. The van der Waals surface area contributed by atoms with Crippen LogP contribution < -0.4 is 11.1 Å². The van der Waals surface area contributed by atoms with Crippen molar-refractivity contribution >= 4 is 29.2 Å². The minimum Gasteiger partial charge on any atom is -0.478 e. The Kier molecular flexibility index (Phi) is 4.48. The summed E-state index contributed by atoms with van der Waals surface area (Å²) in [4.78, 5) is 22.6. The molecule has 0 spiro atoms. The van der Waals surface area contributed by atoms with Gasteiger partial charge in [0, 0.05) is 0 Å². The number of hydrogen-bond donors (Lipinski definition) is 3. The second-order valence-corrected chi connectivity index (χ2v) is 3.88. The third kappa shape index (κ3) is 3.18. The minimum atomic E-state index is -1.20. The topological polar surface area (TPSA) is 92.4 Å². The zero-order valence-electron chi connectivity index (χ0n) is 9.24. The third-order valence-corrected chi connectivity index (χ3v) is 2.58. The molecule has 1 unspecified atom stereocenters. The lowest BCUT2D eigenvalue weighted by molar-refractivity contribution is -0.117. The number of carboxylic acids is 1. The minimum absolute atomic E-state index is 0.0698. The molecule has 0 saturated carbocycles. The number of nitrogens with one attached hydrogen (secondary N) is 1. The second kappa shape index (κ2) is 5.65. The maximum Gasteiger partial charge on any atom is 0.339 e. The van der Waals surface area contributed by atoms with Crippen LogP contribution in [0.1, 0.15) is 23.7 Å². The number of halogens is 1. The number of anilines is 1. The first-order valence-electron chi connectivity index (χ1n) is 5.05. The maximum absolute atomic E-state index is 11.6. The molecule has 0 aliphatic rings. The summed E-state index contributed by atoms with van der Waals surface area (Å²) < 4.78 is 0. The lowest BCUT2D eigenvalue weighted by Gasteiger charge is -2.12. The van der Waals surface area contributed by atoms with Crippen molar-refractivity contribution in [2.75, 3.05) is 5.32 Å². The van der Waals surface area contributed by atoms with Gasteiger partial charge in [0.15, 0.2) is 0 Å². The van der Waals surface area contributed by atoms with Gasteiger partial charge in [0.05, 0.1) is 16.8 Å². The highest BCUT2D eigenvalue weighted by atomic mass is 35.5. The molecule has 0 bridgehead atoms. The molecule has 0 fully saturated rings. The van der Waals surface area contributed by atoms with Gasteiger partial charge in [-0.25, -0.2) is 4.79 Å². The van der Waals surface area contributed by atoms with Crippen LogP contribution in [-0.2, 0) is 4.79 Å². The Balaban J connectivity index is 3.03. The van der Waals surface area contributed by atoms with Gasteiger partial charge in [-0.2, -0.15) is 0 Å². The predicted molar refractivity (Wildman–Crippen MR) is 65.3 cm³/mol. The van der Waals surface area contributed by atoms with Gasteiger partial charge in [-0.05, 0) is 18.6 Å². The fourth-order valence-electron chi connectivity index (χ4n) is 1.26. The smallest absolute Gasteiger partial charge is 0.339 e. The molecule has 1 aromatic carbocycles. The molecule has 17 heavy (non-hydrogen) atoms. The largest absolute Gasteiger partial charge is 0.478 e. The molecule has 0 saturated heterocycles. The highest BCUT2D eigenvalue weighted by molar-refractivity contribution is 6.34. The van der Waals surface area contributed by atoms with Crippen LogP contribution in [0.25, 0.3) is 0 Å². The van der Waals surface area contributed by atoms with Crippen molar-refractivity contribution in [3.63, 3.8) is 0 Å². The van der Waals surface area contributed by atoms with Gasteiger partial charge in [0.2, 0.25) is 5.91 Å². The van der Waals surface area contributed by atoms with Gasteiger partial charge in [0.1, 0.15) is 5.56 Å². The summed E-state index contributed by atoms with van der Waals surface area (Å²) in [6, 6.07) is 3.80. The highest BCUT2D eigenvalue weighted by Gasteiger charge is 2.18. The first-order valence-corrected chi connectivity index (χ1v) is 5.43. The molecule has 0 aromatic heterocycles. The Morgan fingerprint density at radius 2 is 2.18 bits per heavy atom. The highest BCUT2D eigenvalue weighted by Crippen LogP contribution is 2.24. The standard InChI is InChI=1S/C11H13ClN2O3/c1-2-7(13)10(15)14-8-5-3-4-6(12)9(8)11(16)17/h3-5,7H,2,13H2,1H3,(H,14,15)(H,16,17). The van der Waals surface area contributed by atoms with Crippen LogP contribution in [0.15, 0.2) is 18.2 Å². The van der Waals surface area contributed by atoms with E-state index >= 15 is 0 Å². The Morgan fingerprint density at radius 1 is 1.53 bits per heavy atom. The van der Waals surface area contributed by atoms with E-state index in [0.717, 1.165) is 0 Å². The number of aromatic carboxylic acids is 1. The quantitative estimate of drug-likeness (QED) is 0.765. The first kappa shape index (κ1) is 13.5. The summed E-state index contributed by atoms with van der Waals surface area (Å²) >= 11 is 5.76. The molecule has 0 aliphatic heterocycles. The van der Waals surface area contributed by atoms with Crippen LogP contribution in [0.3, 0.4) is 0 Å². The van der Waals surface area contributed by atoms with Crippen molar-refractivity contribution in [3.8, 4) is 0 Å². The molecule has 92 valence electrons. The second-order valence-electron chi connectivity index (χ2n) is 3.47. The monoisotopic (exact) mass is 256 g/mol. The molecule has 1 atom stereocenters. The van der Waals surface area contributed by atoms with E-state index in [1.807, 2.05) is 0 Å². The lowest BCUT2D eigenvalue weighted by atomic mass is 10.1. The van der Waals surface area contributed by atoms with Crippen molar-refractivity contribution in [2.24, 2.45) is 5.73 Å². The van der Waals surface area contributed by atoms with Gasteiger partial charge in [-0.1, -0.05) is 24.6 Å². The molecule has 4 N–H and O–H groups in total. The number of amides is 1. The van der Waals surface area contributed by atoms with Crippen molar-refractivity contribution in [1.82, 2.24) is 0 Å². The molecule has 1 aromatic rings. The van der Waals surface area contributed by atoms with Crippen LogP contribution in [0.4, 0.5) is 5.69 Å². The van der Waals surface area contributed by atoms with E-state index in [1.54, 1.807) is 13.0 Å². The molecule has 0 aliphatic carbocycles. The molecule has 5 nitrogen and oxygen atoms in total. The zero-order chi connectivity index (χ0) is 13.0. The third-order valence-electron chi connectivity index (χ3n) is 2.26. The number of carboxylic acid groups (broad SMARTS) is 1. The number of benzene rings is 1. The van der Waals surface area contributed by atoms with Gasteiger partial charge in [0.25, 0.3) is 0 Å². The van der Waals surface area contributed by atoms with Crippen LogP contribution in [0.5, 0.6) is 0 Å². The number of carbonyl (C=O) groups is 2. The van der Waals surface area contributed by atoms with E-state index < -0.39 is 17.9 Å². The zero-order valence-corrected chi connectivity index (χ0v) is 9.99. The summed E-state index contributed by atoms with van der Waals surface area (Å²) in [6.45, 7) is 1.76. The molecular weight excluding hydrogens is 244 g/mol. The number of hydrogen-bond acceptors (Lipinski definition) is 3. The van der Waals surface area contributed by atoms with E-state index in [4.69, 9.17) is 22.4 Å². The van der Waals surface area contributed by atoms with Crippen molar-refractivity contribution in [2.45, 2.75) is 19.4 Å². The van der Waals surface area contributed by atoms with Gasteiger partial charge in [-0.15, -0.1) is 0 Å². The van der Waals surface area contributed by atoms with E-state index in [2.05, 4.69) is 5.32 Å². The maximum atomic E-state index is 11.6. The van der Waals surface area contributed by atoms with Crippen molar-refractivity contribution in [1.29, 1.82) is 0 Å². The van der Waals surface area contributed by atoms with E-state index in [-0.39, 0.29) is 16.3 Å². The summed E-state index contributed by atoms with van der Waals surface area (Å²) in [7, 11) is 0. The van der Waals surface area contributed by atoms with E-state index in [1.165, 1.54) is 12.1 Å². The van der Waals surface area contributed by atoms with Crippen LogP contribution in [0, 0.1) is 0 Å². The average Bonchev–Trinajstić information content (AvgIpc) is 2.27. The fraction of sp³-hybridized carbons (Fsp3) is 0.273. The van der Waals surface area contributed by atoms with Crippen LogP contribution in [0.2, 0.25) is 5.02 Å². The summed E-state index contributed by atoms with van der Waals surface area (Å²) in [5, 5.41) is 11.5. The number of carbonyl (C=O) groups excluding carboxylic acids is 1. The fourth-order valence-corrected chi connectivity index (χ4v) is 1.51. The van der Waals surface area contributed by atoms with Crippen LogP contribution >= 0.6 is 11.6 Å². The van der Waals surface area contributed by atoms with E-state index in [0.29, 0.717) is 6.42 Å². The molecule has 6 heteroatoms. The van der Waals surface area contributed by atoms with E-state index in [9.17, 15) is 9.59 Å². The molecule has 1 rings (SSSR count).